The van der Waals surface area contributed by atoms with Crippen molar-refractivity contribution in [2.45, 2.75) is 0 Å². The average molecular weight is 818 g/mol. The molecule has 3 aromatic carbocycles. The Kier molecular flexibility index (Phi) is 18.9. The molecule has 6 aromatic rings. The molecule has 6 rings (SSSR count). The smallest absolute Gasteiger partial charge is 0.270 e. The van der Waals surface area contributed by atoms with E-state index in [0.29, 0.717) is 32.2 Å². The first-order chi connectivity index (χ1) is 27.8. The fourth-order valence-electron chi connectivity index (χ4n) is 4.60. The van der Waals surface area contributed by atoms with Gasteiger partial charge in [-0.2, -0.15) is 0 Å². The number of nitrogens with one attached hydrogen (secondary N) is 3. The van der Waals surface area contributed by atoms with Crippen molar-refractivity contribution < 1.29 is 14.4 Å². The number of nitrogens with zero attached hydrogens (tertiary/aromatic N) is 3. The maximum absolute atomic E-state index is 11.7. The number of benzene rings is 3. The first-order valence-corrected chi connectivity index (χ1v) is 18.7. The first kappa shape index (κ1) is 43.3. The first-order valence-electron chi connectivity index (χ1n) is 17.6. The highest BCUT2D eigenvalue weighted by molar-refractivity contribution is 6.32. The third-order valence-corrected chi connectivity index (χ3v) is 8.04. The zero-order chi connectivity index (χ0) is 40.5. The molecule has 3 heterocycles. The van der Waals surface area contributed by atoms with Crippen LogP contribution in [-0.2, 0) is 0 Å². The van der Waals surface area contributed by atoms with E-state index in [1.807, 2.05) is 109 Å². The second-order valence-electron chi connectivity index (χ2n) is 11.7. The maximum Gasteiger partial charge on any atom is 0.270 e. The van der Waals surface area contributed by atoms with Gasteiger partial charge in [0.05, 0.1) is 19.6 Å². The van der Waals surface area contributed by atoms with Gasteiger partial charge in [0.1, 0.15) is 17.1 Å². The Labute approximate surface area is 347 Å². The van der Waals surface area contributed by atoms with E-state index in [9.17, 15) is 14.4 Å². The van der Waals surface area contributed by atoms with Crippen LogP contribution in [0, 0.1) is 0 Å². The van der Waals surface area contributed by atoms with Crippen LogP contribution in [-0.4, -0.2) is 52.3 Å². The highest BCUT2D eigenvalue weighted by Gasteiger charge is 2.08. The number of aromatic nitrogens is 3. The lowest BCUT2D eigenvalue weighted by atomic mass is 10.2. The largest absolute Gasteiger partial charge is 0.346 e. The molecular formula is C45H39Cl3N6O3. The molecule has 0 aliphatic carbocycles. The number of carbonyl (C=O) groups is 3. The summed E-state index contributed by atoms with van der Waals surface area (Å²) >= 11 is 18.2. The van der Waals surface area contributed by atoms with Crippen LogP contribution >= 0.6 is 34.8 Å². The number of hydrogen-bond acceptors (Lipinski definition) is 6. The molecule has 12 heteroatoms. The Bertz CT molecular complexity index is 1960. The number of carbonyl (C=O) groups excluding carboxylic acids is 3. The number of amides is 3. The Balaban J connectivity index is 0.000000189. The van der Waals surface area contributed by atoms with Crippen LogP contribution < -0.4 is 16.0 Å². The molecule has 0 bridgehead atoms. The van der Waals surface area contributed by atoms with Crippen molar-refractivity contribution in [2.24, 2.45) is 0 Å². The van der Waals surface area contributed by atoms with E-state index in [2.05, 4.69) is 30.9 Å². The lowest BCUT2D eigenvalue weighted by molar-refractivity contribution is 0.0944. The van der Waals surface area contributed by atoms with E-state index >= 15 is 0 Å². The predicted molar refractivity (Wildman–Crippen MR) is 231 cm³/mol. The molecule has 0 aliphatic rings. The molecule has 0 fully saturated rings. The fourth-order valence-corrected chi connectivity index (χ4v) is 5.18. The van der Waals surface area contributed by atoms with Gasteiger partial charge in [0.15, 0.2) is 0 Å². The van der Waals surface area contributed by atoms with Crippen LogP contribution in [0.2, 0.25) is 0 Å². The quantitative estimate of drug-likeness (QED) is 0.113. The summed E-state index contributed by atoms with van der Waals surface area (Å²) in [4.78, 5) is 47.1. The van der Waals surface area contributed by atoms with E-state index in [1.165, 1.54) is 0 Å². The number of hydrogen-bond donors (Lipinski definition) is 3. The Morgan fingerprint density at radius 2 is 0.632 bits per heavy atom. The van der Waals surface area contributed by atoms with Crippen molar-refractivity contribution in [3.8, 4) is 0 Å². The van der Waals surface area contributed by atoms with Gasteiger partial charge in [0.25, 0.3) is 17.7 Å². The van der Waals surface area contributed by atoms with Crippen molar-refractivity contribution in [2.75, 3.05) is 19.6 Å². The summed E-state index contributed by atoms with van der Waals surface area (Å²) in [6, 6.07) is 44.7. The summed E-state index contributed by atoms with van der Waals surface area (Å²) in [5.41, 5.74) is 4.14. The van der Waals surface area contributed by atoms with Gasteiger partial charge in [-0.05, 0) is 71.3 Å². The molecule has 0 saturated carbocycles. The van der Waals surface area contributed by atoms with Crippen LogP contribution in [0.5, 0.6) is 0 Å². The molecule has 0 atom stereocenters. The SMILES string of the molecule is O=C(NC/C(Cl)=C/c1ccccc1)c1ccccn1.O=C(NC/C(Cl)=C/c1ccccc1)c1ccccn1.O=C(NC/C(Cl)=C/c1ccccc1)c1ccccn1. The molecule has 57 heavy (non-hydrogen) atoms. The standard InChI is InChI=1S/3C15H13ClN2O/c3*16-13(10-12-6-2-1-3-7-12)11-18-15(19)14-8-4-5-9-17-14/h3*1-10H,11H2,(H,18,19)/b3*13-10-. The third-order valence-electron chi connectivity index (χ3n) is 7.31. The number of halogens is 3. The molecule has 0 unspecified atom stereocenters. The van der Waals surface area contributed by atoms with Crippen LogP contribution in [0.25, 0.3) is 18.2 Å². The summed E-state index contributed by atoms with van der Waals surface area (Å²) in [5, 5.41) is 9.85. The Morgan fingerprint density at radius 3 is 0.860 bits per heavy atom. The molecule has 3 amide bonds. The molecule has 0 spiro atoms. The molecule has 288 valence electrons. The van der Waals surface area contributed by atoms with Gasteiger partial charge >= 0.3 is 0 Å². The van der Waals surface area contributed by atoms with Gasteiger partial charge in [-0.1, -0.05) is 144 Å². The van der Waals surface area contributed by atoms with E-state index in [1.54, 1.807) is 73.2 Å². The highest BCUT2D eigenvalue weighted by Crippen LogP contribution is 2.11. The summed E-state index contributed by atoms with van der Waals surface area (Å²) in [6.45, 7) is 0.851. The van der Waals surface area contributed by atoms with Gasteiger partial charge in [-0.25, -0.2) is 0 Å². The van der Waals surface area contributed by atoms with E-state index in [4.69, 9.17) is 34.8 Å². The van der Waals surface area contributed by atoms with Crippen LogP contribution in [0.4, 0.5) is 0 Å². The molecule has 0 radical (unpaired) electrons. The topological polar surface area (TPSA) is 126 Å². The summed E-state index contributed by atoms with van der Waals surface area (Å²) in [6.07, 6.45) is 10.2. The van der Waals surface area contributed by atoms with Crippen LogP contribution in [0.1, 0.15) is 48.2 Å². The minimum Gasteiger partial charge on any atom is -0.346 e. The van der Waals surface area contributed by atoms with E-state index in [0.717, 1.165) is 16.7 Å². The second-order valence-corrected chi connectivity index (χ2v) is 13.2. The normalized spacial score (nSPS) is 11.1. The Morgan fingerprint density at radius 1 is 0.386 bits per heavy atom. The van der Waals surface area contributed by atoms with Gasteiger partial charge in [-0.3, -0.25) is 29.3 Å². The van der Waals surface area contributed by atoms with Gasteiger partial charge in [0.2, 0.25) is 0 Å². The molecular weight excluding hydrogens is 779 g/mol. The molecule has 3 N–H and O–H groups in total. The van der Waals surface area contributed by atoms with Crippen molar-refractivity contribution in [3.05, 3.63) is 213 Å². The zero-order valence-corrected chi connectivity index (χ0v) is 32.9. The summed E-state index contributed by atoms with van der Waals surface area (Å²) < 4.78 is 0. The summed E-state index contributed by atoms with van der Waals surface area (Å²) in [5.74, 6) is -0.708. The lowest BCUT2D eigenvalue weighted by Gasteiger charge is -2.03. The van der Waals surface area contributed by atoms with Crippen molar-refractivity contribution in [1.82, 2.24) is 30.9 Å². The minimum atomic E-state index is -0.236. The Hall–Kier alpha value is -6.39. The second kappa shape index (κ2) is 24.9. The minimum absolute atomic E-state index is 0.236. The number of rotatable bonds is 12. The fraction of sp³-hybridized carbons (Fsp3) is 0.0667. The lowest BCUT2D eigenvalue weighted by Crippen LogP contribution is -2.25. The maximum atomic E-state index is 11.7. The monoisotopic (exact) mass is 816 g/mol. The van der Waals surface area contributed by atoms with E-state index < -0.39 is 0 Å². The summed E-state index contributed by atoms with van der Waals surface area (Å²) in [7, 11) is 0. The van der Waals surface area contributed by atoms with Gasteiger partial charge < -0.3 is 16.0 Å². The van der Waals surface area contributed by atoms with Crippen LogP contribution in [0.3, 0.4) is 0 Å². The predicted octanol–water partition coefficient (Wildman–Crippen LogP) is 9.27. The molecule has 0 saturated heterocycles. The molecule has 9 nitrogen and oxygen atoms in total. The van der Waals surface area contributed by atoms with Gasteiger partial charge in [-0.15, -0.1) is 0 Å². The molecule has 0 aliphatic heterocycles. The van der Waals surface area contributed by atoms with Gasteiger partial charge in [0, 0.05) is 33.7 Å². The molecule has 3 aromatic heterocycles. The van der Waals surface area contributed by atoms with Crippen molar-refractivity contribution >= 4 is 70.8 Å². The highest BCUT2D eigenvalue weighted by atomic mass is 35.5. The zero-order valence-electron chi connectivity index (χ0n) is 30.6. The average Bonchev–Trinajstić information content (AvgIpc) is 3.26. The van der Waals surface area contributed by atoms with Crippen molar-refractivity contribution in [3.63, 3.8) is 0 Å². The third kappa shape index (κ3) is 17.3. The van der Waals surface area contributed by atoms with Crippen LogP contribution in [0.15, 0.2) is 179 Å². The number of pyridine rings is 3. The van der Waals surface area contributed by atoms with Crippen molar-refractivity contribution in [1.29, 1.82) is 0 Å². The van der Waals surface area contributed by atoms with E-state index in [-0.39, 0.29) is 37.4 Å².